The van der Waals surface area contributed by atoms with Gasteiger partial charge < -0.3 is 9.73 Å². The van der Waals surface area contributed by atoms with E-state index in [9.17, 15) is 4.79 Å². The number of aromatic nitrogens is 2. The quantitative estimate of drug-likeness (QED) is 0.441. The molecule has 0 saturated heterocycles. The number of halogens is 1. The van der Waals surface area contributed by atoms with Crippen molar-refractivity contribution in [2.45, 2.75) is 26.8 Å². The molecule has 1 aromatic carbocycles. The molecule has 5 nitrogen and oxygen atoms in total. The van der Waals surface area contributed by atoms with Crippen molar-refractivity contribution in [2.75, 3.05) is 5.32 Å². The van der Waals surface area contributed by atoms with Crippen LogP contribution in [-0.4, -0.2) is 9.97 Å². The molecule has 3 aromatic heterocycles. The Morgan fingerprint density at radius 2 is 1.97 bits per heavy atom. The van der Waals surface area contributed by atoms with Crippen LogP contribution in [0.2, 0.25) is 5.15 Å². The Kier molecular flexibility index (Phi) is 5.07. The predicted molar refractivity (Wildman–Crippen MR) is 116 cm³/mol. The normalized spacial score (nSPS) is 12.1. The highest BCUT2D eigenvalue weighted by Gasteiger charge is 2.17. The van der Waals surface area contributed by atoms with Gasteiger partial charge in [-0.1, -0.05) is 17.7 Å². The first-order valence-corrected chi connectivity index (χ1v) is 9.68. The van der Waals surface area contributed by atoms with Gasteiger partial charge in [-0.2, -0.15) is 0 Å². The summed E-state index contributed by atoms with van der Waals surface area (Å²) in [7, 11) is 0. The lowest BCUT2D eigenvalue weighted by Gasteiger charge is -2.19. The lowest BCUT2D eigenvalue weighted by atomic mass is 10.0. The van der Waals surface area contributed by atoms with E-state index in [1.54, 1.807) is 18.5 Å². The van der Waals surface area contributed by atoms with Crippen LogP contribution in [0, 0.1) is 13.8 Å². The van der Waals surface area contributed by atoms with Gasteiger partial charge in [-0.15, -0.1) is 0 Å². The summed E-state index contributed by atoms with van der Waals surface area (Å²) < 4.78 is 6.21. The van der Waals surface area contributed by atoms with Gasteiger partial charge in [-0.3, -0.25) is 9.78 Å². The van der Waals surface area contributed by atoms with Crippen LogP contribution in [0.15, 0.2) is 64.1 Å². The van der Waals surface area contributed by atoms with Crippen LogP contribution in [0.1, 0.15) is 29.8 Å². The van der Waals surface area contributed by atoms with Crippen molar-refractivity contribution in [2.24, 2.45) is 0 Å². The van der Waals surface area contributed by atoms with Crippen LogP contribution < -0.4 is 10.7 Å². The Labute approximate surface area is 173 Å². The monoisotopic (exact) mass is 405 g/mol. The summed E-state index contributed by atoms with van der Waals surface area (Å²) in [5.74, 6) is 0.497. The van der Waals surface area contributed by atoms with Crippen molar-refractivity contribution >= 4 is 28.3 Å². The number of benzene rings is 1. The smallest absolute Gasteiger partial charge is 0.193 e. The van der Waals surface area contributed by atoms with Crippen molar-refractivity contribution in [1.82, 2.24) is 9.97 Å². The van der Waals surface area contributed by atoms with E-state index in [1.807, 2.05) is 51.1 Å². The Morgan fingerprint density at radius 3 is 2.69 bits per heavy atom. The Morgan fingerprint density at radius 1 is 1.14 bits per heavy atom. The maximum absolute atomic E-state index is 12.8. The molecule has 0 bridgehead atoms. The van der Waals surface area contributed by atoms with Crippen molar-refractivity contribution in [3.63, 3.8) is 0 Å². The summed E-state index contributed by atoms with van der Waals surface area (Å²) in [6.45, 7) is 5.90. The minimum Gasteiger partial charge on any atom is -0.455 e. The molecule has 0 fully saturated rings. The number of anilines is 1. The molecule has 29 heavy (non-hydrogen) atoms. The summed E-state index contributed by atoms with van der Waals surface area (Å²) in [6.07, 6.45) is 3.37. The van der Waals surface area contributed by atoms with Crippen molar-refractivity contribution < 1.29 is 4.42 Å². The number of hydrogen-bond donors (Lipinski definition) is 1. The molecule has 4 rings (SSSR count). The molecule has 0 aliphatic carbocycles. The Hall–Kier alpha value is -3.18. The third-order valence-corrected chi connectivity index (χ3v) is 5.05. The highest BCUT2D eigenvalue weighted by molar-refractivity contribution is 6.29. The largest absolute Gasteiger partial charge is 0.455 e. The number of fused-ring (bicyclic) bond motifs is 1. The fraction of sp³-hybridized carbons (Fsp3) is 0.174. The summed E-state index contributed by atoms with van der Waals surface area (Å²) in [6, 6.07) is 12.6. The molecule has 0 unspecified atom stereocenters. The second-order valence-corrected chi connectivity index (χ2v) is 7.47. The van der Waals surface area contributed by atoms with Crippen LogP contribution in [0.5, 0.6) is 0 Å². The lowest BCUT2D eigenvalue weighted by Crippen LogP contribution is -2.11. The van der Waals surface area contributed by atoms with E-state index in [0.717, 1.165) is 28.1 Å². The zero-order valence-corrected chi connectivity index (χ0v) is 17.1. The van der Waals surface area contributed by atoms with Gasteiger partial charge in [0.05, 0.1) is 22.8 Å². The molecular weight excluding hydrogens is 386 g/mol. The molecule has 6 heteroatoms. The number of nitrogens with zero attached hydrogens (tertiary/aromatic N) is 2. The molecule has 146 valence electrons. The maximum atomic E-state index is 12.8. The predicted octanol–water partition coefficient (Wildman–Crippen LogP) is 5.69. The Bertz CT molecular complexity index is 1250. The first-order valence-electron chi connectivity index (χ1n) is 9.31. The van der Waals surface area contributed by atoms with Gasteiger partial charge in [0.25, 0.3) is 0 Å². The van der Waals surface area contributed by atoms with E-state index in [2.05, 4.69) is 15.3 Å². The third-order valence-electron chi connectivity index (χ3n) is 4.84. The first-order chi connectivity index (χ1) is 13.9. The molecule has 0 radical (unpaired) electrons. The van der Waals surface area contributed by atoms with E-state index in [0.29, 0.717) is 21.9 Å². The summed E-state index contributed by atoms with van der Waals surface area (Å²) in [4.78, 5) is 21.2. The molecule has 3 heterocycles. The van der Waals surface area contributed by atoms with Gasteiger partial charge in [0.15, 0.2) is 5.43 Å². The lowest BCUT2D eigenvalue weighted by molar-refractivity contribution is 0.610. The highest BCUT2D eigenvalue weighted by atomic mass is 35.5. The van der Waals surface area contributed by atoms with Gasteiger partial charge in [-0.25, -0.2) is 4.98 Å². The fourth-order valence-corrected chi connectivity index (χ4v) is 3.59. The van der Waals surface area contributed by atoms with Gasteiger partial charge >= 0.3 is 0 Å². The average molecular weight is 406 g/mol. The number of hydrogen-bond acceptors (Lipinski definition) is 5. The number of aryl methyl sites for hydroxylation is 2. The molecule has 1 N–H and O–H groups in total. The standard InChI is InChI=1S/C23H20ClN3O2/c1-13-9-17(14(2)26-19-6-7-22(24)27-15(19)3)23-18(10-13)20(28)11-21(29-23)16-5-4-8-25-12-16/h4-12,14,26H,1-3H3/t14-/m1/s1. The van der Waals surface area contributed by atoms with Gasteiger partial charge in [0.2, 0.25) is 0 Å². The minimum absolute atomic E-state index is 0.0772. The van der Waals surface area contributed by atoms with Crippen LogP contribution in [0.4, 0.5) is 5.69 Å². The highest BCUT2D eigenvalue weighted by Crippen LogP contribution is 2.31. The second-order valence-electron chi connectivity index (χ2n) is 7.08. The molecule has 0 aliphatic heterocycles. The Balaban J connectivity index is 1.84. The number of pyridine rings is 2. The number of nitrogens with one attached hydrogen (secondary N) is 1. The summed E-state index contributed by atoms with van der Waals surface area (Å²) in [5.41, 5.74) is 4.83. The molecule has 0 aliphatic rings. The van der Waals surface area contributed by atoms with Gasteiger partial charge in [-0.05, 0) is 56.7 Å². The third kappa shape index (κ3) is 3.87. The van der Waals surface area contributed by atoms with Crippen molar-refractivity contribution in [3.8, 4) is 11.3 Å². The average Bonchev–Trinajstić information content (AvgIpc) is 2.70. The van der Waals surface area contributed by atoms with E-state index in [4.69, 9.17) is 16.0 Å². The molecule has 0 amide bonds. The van der Waals surface area contributed by atoms with Gasteiger partial charge in [0, 0.05) is 29.6 Å². The molecular formula is C23H20ClN3O2. The van der Waals surface area contributed by atoms with Gasteiger partial charge in [0.1, 0.15) is 16.5 Å². The zero-order chi connectivity index (χ0) is 20.5. The molecule has 4 aromatic rings. The van der Waals surface area contributed by atoms with E-state index in [1.165, 1.54) is 6.07 Å². The van der Waals surface area contributed by atoms with E-state index in [-0.39, 0.29) is 11.5 Å². The second kappa shape index (κ2) is 7.68. The zero-order valence-electron chi connectivity index (χ0n) is 16.4. The van der Waals surface area contributed by atoms with Crippen LogP contribution in [-0.2, 0) is 0 Å². The summed E-state index contributed by atoms with van der Waals surface area (Å²) in [5, 5.41) is 4.47. The SMILES string of the molecule is Cc1cc([C@@H](C)Nc2ccc(Cl)nc2C)c2oc(-c3cccnc3)cc(=O)c2c1. The van der Waals surface area contributed by atoms with Crippen LogP contribution >= 0.6 is 11.6 Å². The fourth-order valence-electron chi connectivity index (χ4n) is 3.40. The van der Waals surface area contributed by atoms with E-state index >= 15 is 0 Å². The van der Waals surface area contributed by atoms with Crippen molar-refractivity contribution in [3.05, 3.63) is 87.1 Å². The molecule has 1 atom stereocenters. The van der Waals surface area contributed by atoms with Crippen LogP contribution in [0.25, 0.3) is 22.3 Å². The van der Waals surface area contributed by atoms with Crippen molar-refractivity contribution in [1.29, 1.82) is 0 Å². The maximum Gasteiger partial charge on any atom is 0.193 e. The molecule has 0 spiro atoms. The number of rotatable bonds is 4. The van der Waals surface area contributed by atoms with Crippen LogP contribution in [0.3, 0.4) is 0 Å². The summed E-state index contributed by atoms with van der Waals surface area (Å²) >= 11 is 5.97. The molecule has 0 saturated carbocycles. The first kappa shape index (κ1) is 19.2. The minimum atomic E-state index is -0.119. The topological polar surface area (TPSA) is 68.0 Å². The van der Waals surface area contributed by atoms with E-state index < -0.39 is 0 Å².